The van der Waals surface area contributed by atoms with Gasteiger partial charge in [0, 0.05) is 33.0 Å². The average Bonchev–Trinajstić information content (AvgIpc) is 2.62. The van der Waals surface area contributed by atoms with Crippen LogP contribution < -0.4 is 0 Å². The van der Waals surface area contributed by atoms with Crippen LogP contribution in [0.3, 0.4) is 0 Å². The summed E-state index contributed by atoms with van der Waals surface area (Å²) < 4.78 is 0. The monoisotopic (exact) mass is 358 g/mol. The molecule has 0 saturated carbocycles. The minimum absolute atomic E-state index is 0.0108. The smallest absolute Gasteiger partial charge is 0.166 e. The number of allylic oxidation sites excluding steroid dienone is 2. The molecule has 122 valence electrons. The first-order valence-corrected chi connectivity index (χ1v) is 8.56. The Labute approximate surface area is 151 Å². The van der Waals surface area contributed by atoms with Crippen LogP contribution in [0.2, 0.25) is 10.0 Å². The first-order chi connectivity index (χ1) is 11.6. The molecule has 2 atom stereocenters. The molecule has 0 radical (unpaired) electrons. The first kappa shape index (κ1) is 16.9. The third kappa shape index (κ3) is 3.61. The molecule has 0 aromatic heterocycles. The predicted octanol–water partition coefficient (Wildman–Crippen LogP) is 5.64. The van der Waals surface area contributed by atoms with Crippen molar-refractivity contribution in [1.29, 1.82) is 0 Å². The molecule has 4 heteroatoms. The Morgan fingerprint density at radius 3 is 1.33 bits per heavy atom. The first-order valence-electron chi connectivity index (χ1n) is 7.81. The highest BCUT2D eigenvalue weighted by molar-refractivity contribution is 6.31. The molecule has 1 aliphatic carbocycles. The number of Topliss-reactive ketones (excluding diaryl/α,β-unsaturated/α-hetero) is 2. The molecule has 1 aliphatic rings. The summed E-state index contributed by atoms with van der Waals surface area (Å²) in [5.74, 6) is -0.717. The Bertz CT molecular complexity index is 709. The highest BCUT2D eigenvalue weighted by Crippen LogP contribution is 2.32. The Morgan fingerprint density at radius 1 is 0.667 bits per heavy atom. The molecule has 2 unspecified atom stereocenters. The predicted molar refractivity (Wildman–Crippen MR) is 96.9 cm³/mol. The molecule has 24 heavy (non-hydrogen) atoms. The molecule has 3 rings (SSSR count). The SMILES string of the molecule is O=C(c1ccc(Cl)cc1)C1CC=CCC1C(=O)c1ccc(Cl)cc1. The largest absolute Gasteiger partial charge is 0.294 e. The summed E-state index contributed by atoms with van der Waals surface area (Å²) >= 11 is 11.8. The summed E-state index contributed by atoms with van der Waals surface area (Å²) in [6.45, 7) is 0. The summed E-state index contributed by atoms with van der Waals surface area (Å²) in [5.41, 5.74) is 1.18. The molecule has 2 nitrogen and oxygen atoms in total. The standard InChI is InChI=1S/C20H16Cl2O2/c21-15-9-5-13(6-10-15)19(23)17-3-1-2-4-18(17)20(24)14-7-11-16(22)12-8-14/h1-2,5-12,17-18H,3-4H2. The number of rotatable bonds is 4. The molecular formula is C20H16Cl2O2. The van der Waals surface area contributed by atoms with Crippen molar-refractivity contribution in [3.8, 4) is 0 Å². The molecule has 0 aliphatic heterocycles. The molecule has 0 fully saturated rings. The van der Waals surface area contributed by atoms with Crippen LogP contribution in [0.15, 0.2) is 60.7 Å². The van der Waals surface area contributed by atoms with Gasteiger partial charge in [0.1, 0.15) is 0 Å². The quantitative estimate of drug-likeness (QED) is 0.523. The van der Waals surface area contributed by atoms with Gasteiger partial charge >= 0.3 is 0 Å². The summed E-state index contributed by atoms with van der Waals surface area (Å²) in [6.07, 6.45) is 5.10. The minimum atomic E-state index is -0.348. The summed E-state index contributed by atoms with van der Waals surface area (Å²) in [4.78, 5) is 25.7. The molecule has 0 saturated heterocycles. The van der Waals surface area contributed by atoms with E-state index in [-0.39, 0.29) is 23.4 Å². The van der Waals surface area contributed by atoms with Crippen molar-refractivity contribution in [1.82, 2.24) is 0 Å². The average molecular weight is 359 g/mol. The number of benzene rings is 2. The lowest BCUT2D eigenvalue weighted by Crippen LogP contribution is -2.31. The zero-order valence-electron chi connectivity index (χ0n) is 12.9. The van der Waals surface area contributed by atoms with Crippen molar-refractivity contribution in [2.24, 2.45) is 11.8 Å². The van der Waals surface area contributed by atoms with E-state index in [1.54, 1.807) is 48.5 Å². The topological polar surface area (TPSA) is 34.1 Å². The number of carbonyl (C=O) groups excluding carboxylic acids is 2. The molecule has 0 bridgehead atoms. The van der Waals surface area contributed by atoms with Crippen LogP contribution in [0.4, 0.5) is 0 Å². The Hall–Kier alpha value is -1.90. The van der Waals surface area contributed by atoms with Gasteiger partial charge in [-0.1, -0.05) is 35.4 Å². The Balaban J connectivity index is 1.87. The Morgan fingerprint density at radius 2 is 1.00 bits per heavy atom. The second kappa shape index (κ2) is 7.33. The molecule has 0 spiro atoms. The zero-order chi connectivity index (χ0) is 17.1. The molecule has 0 heterocycles. The van der Waals surface area contributed by atoms with Crippen LogP contribution >= 0.6 is 23.2 Å². The van der Waals surface area contributed by atoms with Crippen LogP contribution in [-0.2, 0) is 0 Å². The lowest BCUT2D eigenvalue weighted by atomic mass is 9.75. The lowest BCUT2D eigenvalue weighted by Gasteiger charge is -2.26. The number of hydrogen-bond acceptors (Lipinski definition) is 2. The van der Waals surface area contributed by atoms with Crippen molar-refractivity contribution >= 4 is 34.8 Å². The van der Waals surface area contributed by atoms with Gasteiger partial charge in [0.2, 0.25) is 0 Å². The van der Waals surface area contributed by atoms with Crippen LogP contribution in [0.1, 0.15) is 33.6 Å². The maximum absolute atomic E-state index is 12.9. The summed E-state index contributed by atoms with van der Waals surface area (Å²) in [7, 11) is 0. The molecule has 0 N–H and O–H groups in total. The fourth-order valence-corrected chi connectivity index (χ4v) is 3.30. The van der Waals surface area contributed by atoms with Gasteiger partial charge in [-0.25, -0.2) is 0 Å². The number of hydrogen-bond donors (Lipinski definition) is 0. The fraction of sp³-hybridized carbons (Fsp3) is 0.200. The second-order valence-corrected chi connectivity index (χ2v) is 6.77. The van der Waals surface area contributed by atoms with Gasteiger partial charge in [-0.15, -0.1) is 0 Å². The molecule has 2 aromatic rings. The van der Waals surface area contributed by atoms with Crippen LogP contribution in [0.25, 0.3) is 0 Å². The normalized spacial score (nSPS) is 19.9. The molecule has 2 aromatic carbocycles. The van der Waals surface area contributed by atoms with E-state index < -0.39 is 0 Å². The maximum Gasteiger partial charge on any atom is 0.166 e. The number of halogens is 2. The van der Waals surface area contributed by atoms with Crippen molar-refractivity contribution < 1.29 is 9.59 Å². The van der Waals surface area contributed by atoms with Crippen LogP contribution in [-0.4, -0.2) is 11.6 Å². The van der Waals surface area contributed by atoms with Crippen molar-refractivity contribution in [3.63, 3.8) is 0 Å². The number of ketones is 2. The van der Waals surface area contributed by atoms with E-state index in [0.29, 0.717) is 34.0 Å². The second-order valence-electron chi connectivity index (χ2n) is 5.90. The van der Waals surface area contributed by atoms with E-state index in [2.05, 4.69) is 0 Å². The van der Waals surface area contributed by atoms with Crippen molar-refractivity contribution in [3.05, 3.63) is 81.9 Å². The summed E-state index contributed by atoms with van der Waals surface area (Å²) in [6, 6.07) is 13.7. The molecular weight excluding hydrogens is 343 g/mol. The van der Waals surface area contributed by atoms with Crippen molar-refractivity contribution in [2.45, 2.75) is 12.8 Å². The van der Waals surface area contributed by atoms with Crippen LogP contribution in [0, 0.1) is 11.8 Å². The van der Waals surface area contributed by atoms with Gasteiger partial charge in [-0.2, -0.15) is 0 Å². The summed E-state index contributed by atoms with van der Waals surface area (Å²) in [5, 5.41) is 1.17. The fourth-order valence-electron chi connectivity index (χ4n) is 3.05. The van der Waals surface area contributed by atoms with E-state index in [9.17, 15) is 9.59 Å². The van der Waals surface area contributed by atoms with E-state index >= 15 is 0 Å². The van der Waals surface area contributed by atoms with Gasteiger partial charge in [-0.05, 0) is 61.4 Å². The number of carbonyl (C=O) groups is 2. The zero-order valence-corrected chi connectivity index (χ0v) is 14.4. The van der Waals surface area contributed by atoms with E-state index in [4.69, 9.17) is 23.2 Å². The lowest BCUT2D eigenvalue weighted by molar-refractivity contribution is 0.0761. The maximum atomic E-state index is 12.9. The minimum Gasteiger partial charge on any atom is -0.294 e. The highest BCUT2D eigenvalue weighted by Gasteiger charge is 2.34. The van der Waals surface area contributed by atoms with Gasteiger partial charge in [0.05, 0.1) is 0 Å². The third-order valence-corrected chi connectivity index (χ3v) is 4.87. The van der Waals surface area contributed by atoms with Gasteiger partial charge < -0.3 is 0 Å². The van der Waals surface area contributed by atoms with Crippen LogP contribution in [0.5, 0.6) is 0 Å². The highest BCUT2D eigenvalue weighted by atomic mass is 35.5. The van der Waals surface area contributed by atoms with E-state index in [1.165, 1.54) is 0 Å². The van der Waals surface area contributed by atoms with Gasteiger partial charge in [0.25, 0.3) is 0 Å². The van der Waals surface area contributed by atoms with Gasteiger partial charge in [0.15, 0.2) is 11.6 Å². The molecule has 0 amide bonds. The van der Waals surface area contributed by atoms with E-state index in [0.717, 1.165) is 0 Å². The van der Waals surface area contributed by atoms with Crippen molar-refractivity contribution in [2.75, 3.05) is 0 Å². The van der Waals surface area contributed by atoms with E-state index in [1.807, 2.05) is 12.2 Å². The Kier molecular flexibility index (Phi) is 5.17. The van der Waals surface area contributed by atoms with Gasteiger partial charge in [-0.3, -0.25) is 9.59 Å². The third-order valence-electron chi connectivity index (χ3n) is 4.36.